The molecule has 0 fully saturated rings. The molecule has 9 heteroatoms. The molecule has 0 saturated carbocycles. The van der Waals surface area contributed by atoms with Crippen LogP contribution in [-0.2, 0) is 27.9 Å². The minimum absolute atomic E-state index is 0.00931. The zero-order valence-corrected chi connectivity index (χ0v) is 18.8. The number of esters is 1. The highest BCUT2D eigenvalue weighted by molar-refractivity contribution is 9.10. The summed E-state index contributed by atoms with van der Waals surface area (Å²) in [4.78, 5) is 17.1. The summed E-state index contributed by atoms with van der Waals surface area (Å²) in [6.45, 7) is 2.70. The van der Waals surface area contributed by atoms with Gasteiger partial charge in [-0.2, -0.15) is 0 Å². The number of nitrogens with zero attached hydrogens (tertiary/aromatic N) is 3. The lowest BCUT2D eigenvalue weighted by molar-refractivity contribution is 0.0457. The maximum atomic E-state index is 12.4. The number of halogens is 1. The van der Waals surface area contributed by atoms with Gasteiger partial charge in [-0.05, 0) is 52.7 Å². The molecule has 0 bridgehead atoms. The van der Waals surface area contributed by atoms with E-state index in [9.17, 15) is 13.2 Å². The number of fused-ring (bicyclic) bond motifs is 1. The lowest BCUT2D eigenvalue weighted by Crippen LogP contribution is -2.22. The monoisotopic (exact) mass is 479 g/mol. The third kappa shape index (κ3) is 4.36. The van der Waals surface area contributed by atoms with Crippen molar-refractivity contribution in [1.29, 1.82) is 0 Å². The van der Waals surface area contributed by atoms with Crippen LogP contribution in [0.25, 0.3) is 11.0 Å². The van der Waals surface area contributed by atoms with E-state index in [1.807, 2.05) is 17.6 Å². The van der Waals surface area contributed by atoms with Crippen LogP contribution in [0.1, 0.15) is 29.5 Å². The van der Waals surface area contributed by atoms with Crippen molar-refractivity contribution in [3.8, 4) is 0 Å². The molecule has 0 radical (unpaired) electrons. The number of carbonyl (C=O) groups is 1. The normalized spacial score (nSPS) is 11.9. The van der Waals surface area contributed by atoms with Crippen LogP contribution in [0.2, 0.25) is 0 Å². The zero-order valence-electron chi connectivity index (χ0n) is 16.4. The number of ether oxygens (including phenoxy) is 1. The number of rotatable bonds is 7. The van der Waals surface area contributed by atoms with Gasteiger partial charge in [0.15, 0.2) is 0 Å². The first kappa shape index (κ1) is 21.5. The first-order chi connectivity index (χ1) is 13.8. The summed E-state index contributed by atoms with van der Waals surface area (Å²) in [6, 6.07) is 11.9. The molecule has 3 rings (SSSR count). The van der Waals surface area contributed by atoms with Gasteiger partial charge in [-0.25, -0.2) is 22.5 Å². The molecule has 0 aliphatic rings. The first-order valence-electron chi connectivity index (χ1n) is 9.09. The average Bonchev–Trinajstić information content (AvgIpc) is 3.03. The number of hydrogen-bond acceptors (Lipinski definition) is 5. The lowest BCUT2D eigenvalue weighted by Gasteiger charge is -2.11. The van der Waals surface area contributed by atoms with Gasteiger partial charge < -0.3 is 9.30 Å². The highest BCUT2D eigenvalue weighted by atomic mass is 79.9. The summed E-state index contributed by atoms with van der Waals surface area (Å²) in [6.07, 6.45) is 0.856. The van der Waals surface area contributed by atoms with Gasteiger partial charge in [0.05, 0.1) is 21.5 Å². The standard InChI is InChI=1S/C20H22BrN3O4S/c1-4-11-24-18-10-9-14(29(26,27)23(2)3)12-17(18)22-19(24)13-28-20(25)15-7-5-6-8-16(15)21/h5-10,12H,4,11,13H2,1-3H3. The Labute approximate surface area is 178 Å². The SMILES string of the molecule is CCCn1c(COC(=O)c2ccccc2Br)nc2cc(S(=O)(=O)N(C)C)ccc21. The van der Waals surface area contributed by atoms with E-state index in [2.05, 4.69) is 20.9 Å². The molecular weight excluding hydrogens is 458 g/mol. The minimum atomic E-state index is -3.56. The molecule has 0 amide bonds. The Bertz CT molecular complexity index is 1160. The van der Waals surface area contributed by atoms with E-state index in [0.29, 0.717) is 27.9 Å². The van der Waals surface area contributed by atoms with Crippen molar-refractivity contribution < 1.29 is 17.9 Å². The molecule has 1 heterocycles. The Hall–Kier alpha value is -2.23. The predicted molar refractivity (Wildman–Crippen MR) is 114 cm³/mol. The van der Waals surface area contributed by atoms with Crippen LogP contribution in [0, 0.1) is 0 Å². The summed E-state index contributed by atoms with van der Waals surface area (Å²) >= 11 is 3.35. The van der Waals surface area contributed by atoms with E-state index in [-0.39, 0.29) is 11.5 Å². The molecule has 0 saturated heterocycles. The van der Waals surface area contributed by atoms with E-state index in [4.69, 9.17) is 4.74 Å². The van der Waals surface area contributed by atoms with Crippen LogP contribution in [0.15, 0.2) is 51.8 Å². The van der Waals surface area contributed by atoms with Gasteiger partial charge in [-0.1, -0.05) is 19.1 Å². The van der Waals surface area contributed by atoms with Crippen LogP contribution in [-0.4, -0.2) is 42.3 Å². The Morgan fingerprint density at radius 2 is 1.93 bits per heavy atom. The number of benzene rings is 2. The zero-order chi connectivity index (χ0) is 21.2. The Balaban J connectivity index is 1.93. The van der Waals surface area contributed by atoms with Crippen LogP contribution in [0.3, 0.4) is 0 Å². The molecule has 0 N–H and O–H groups in total. The van der Waals surface area contributed by atoms with Gasteiger partial charge in [-0.15, -0.1) is 0 Å². The number of hydrogen-bond donors (Lipinski definition) is 0. The van der Waals surface area contributed by atoms with Gasteiger partial charge in [-0.3, -0.25) is 0 Å². The molecule has 29 heavy (non-hydrogen) atoms. The maximum Gasteiger partial charge on any atom is 0.339 e. The fraction of sp³-hybridized carbons (Fsp3) is 0.300. The Morgan fingerprint density at radius 3 is 2.59 bits per heavy atom. The second-order valence-corrected chi connectivity index (χ2v) is 9.68. The second kappa shape index (κ2) is 8.64. The smallest absolute Gasteiger partial charge is 0.339 e. The Kier molecular flexibility index (Phi) is 6.40. The summed E-state index contributed by atoms with van der Waals surface area (Å²) in [7, 11) is -0.581. The number of imidazole rings is 1. The van der Waals surface area contributed by atoms with Crippen molar-refractivity contribution in [2.24, 2.45) is 0 Å². The summed E-state index contributed by atoms with van der Waals surface area (Å²) in [5.41, 5.74) is 1.79. The van der Waals surface area contributed by atoms with Crippen LogP contribution >= 0.6 is 15.9 Å². The van der Waals surface area contributed by atoms with Gasteiger partial charge in [0.2, 0.25) is 10.0 Å². The fourth-order valence-electron chi connectivity index (χ4n) is 2.95. The molecule has 0 aliphatic heterocycles. The van der Waals surface area contributed by atoms with Crippen molar-refractivity contribution >= 4 is 43.0 Å². The molecule has 0 spiro atoms. The third-order valence-electron chi connectivity index (χ3n) is 4.45. The molecule has 0 aliphatic carbocycles. The molecule has 2 aromatic carbocycles. The van der Waals surface area contributed by atoms with Crippen molar-refractivity contribution in [1.82, 2.24) is 13.9 Å². The maximum absolute atomic E-state index is 12.4. The van der Waals surface area contributed by atoms with Crippen molar-refractivity contribution in [2.75, 3.05) is 14.1 Å². The molecule has 1 aromatic heterocycles. The number of carbonyl (C=O) groups excluding carboxylic acids is 1. The Morgan fingerprint density at radius 1 is 1.21 bits per heavy atom. The van der Waals surface area contributed by atoms with E-state index in [1.165, 1.54) is 14.1 Å². The third-order valence-corrected chi connectivity index (χ3v) is 6.95. The van der Waals surface area contributed by atoms with E-state index in [0.717, 1.165) is 16.2 Å². The minimum Gasteiger partial charge on any atom is -0.454 e. The van der Waals surface area contributed by atoms with E-state index in [1.54, 1.807) is 36.4 Å². The van der Waals surface area contributed by atoms with Crippen molar-refractivity contribution in [3.05, 3.63) is 58.3 Å². The van der Waals surface area contributed by atoms with Gasteiger partial charge in [0.1, 0.15) is 12.4 Å². The van der Waals surface area contributed by atoms with E-state index < -0.39 is 16.0 Å². The first-order valence-corrected chi connectivity index (χ1v) is 11.3. The number of aryl methyl sites for hydroxylation is 1. The van der Waals surface area contributed by atoms with Gasteiger partial charge >= 0.3 is 5.97 Å². The van der Waals surface area contributed by atoms with Gasteiger partial charge in [0.25, 0.3) is 0 Å². The molecule has 154 valence electrons. The number of aromatic nitrogens is 2. The second-order valence-electron chi connectivity index (χ2n) is 6.67. The highest BCUT2D eigenvalue weighted by Gasteiger charge is 2.20. The molecule has 0 unspecified atom stereocenters. The molecule has 3 aromatic rings. The molecule has 7 nitrogen and oxygen atoms in total. The topological polar surface area (TPSA) is 81.5 Å². The van der Waals surface area contributed by atoms with Crippen LogP contribution < -0.4 is 0 Å². The van der Waals surface area contributed by atoms with Crippen LogP contribution in [0.5, 0.6) is 0 Å². The highest BCUT2D eigenvalue weighted by Crippen LogP contribution is 2.23. The quantitative estimate of drug-likeness (QED) is 0.481. The van der Waals surface area contributed by atoms with Crippen LogP contribution in [0.4, 0.5) is 0 Å². The number of sulfonamides is 1. The average molecular weight is 480 g/mol. The largest absolute Gasteiger partial charge is 0.454 e. The summed E-state index contributed by atoms with van der Waals surface area (Å²) < 4.78 is 34.1. The van der Waals surface area contributed by atoms with Crippen molar-refractivity contribution in [2.45, 2.75) is 31.4 Å². The summed E-state index contributed by atoms with van der Waals surface area (Å²) in [5.74, 6) is 0.116. The lowest BCUT2D eigenvalue weighted by atomic mass is 10.2. The van der Waals surface area contributed by atoms with Gasteiger partial charge in [0, 0.05) is 25.1 Å². The fourth-order valence-corrected chi connectivity index (χ4v) is 4.32. The predicted octanol–water partition coefficient (Wildman–Crippen LogP) is 3.82. The molecular formula is C20H22BrN3O4S. The summed E-state index contributed by atoms with van der Waals surface area (Å²) in [5, 5.41) is 0. The van der Waals surface area contributed by atoms with E-state index >= 15 is 0 Å². The molecule has 0 atom stereocenters. The van der Waals surface area contributed by atoms with Crippen molar-refractivity contribution in [3.63, 3.8) is 0 Å².